The Morgan fingerprint density at radius 2 is 1.88 bits per heavy atom. The van der Waals surface area contributed by atoms with Gasteiger partial charge in [0.15, 0.2) is 0 Å². The van der Waals surface area contributed by atoms with E-state index in [1.54, 1.807) is 7.11 Å². The topological polar surface area (TPSA) is 29.5 Å². The van der Waals surface area contributed by atoms with Gasteiger partial charge < -0.3 is 9.64 Å². The molecule has 1 aromatic carbocycles. The molecule has 2 bridgehead atoms. The lowest BCUT2D eigenvalue weighted by atomic mass is 10.0. The minimum absolute atomic E-state index is 0.175. The normalized spacial score (nSPS) is 26.3. The molecular weight excluding hydrogens is 214 g/mol. The van der Waals surface area contributed by atoms with E-state index in [4.69, 9.17) is 4.74 Å². The molecule has 2 aliphatic heterocycles. The van der Waals surface area contributed by atoms with Crippen LogP contribution in [0.15, 0.2) is 24.3 Å². The lowest BCUT2D eigenvalue weighted by molar-refractivity contribution is 0.0729. The van der Waals surface area contributed by atoms with E-state index in [2.05, 4.69) is 4.90 Å². The predicted molar refractivity (Wildman–Crippen MR) is 65.2 cm³/mol. The van der Waals surface area contributed by atoms with Gasteiger partial charge in [-0.1, -0.05) is 6.07 Å². The standard InChI is InChI=1S/C14H17NO2/c1-17-13-4-2-3-10(9-13)14(16)15-11-5-6-12(15)8-7-11/h2-4,9,11-12H,5-8H2,1H3. The molecule has 2 fully saturated rings. The van der Waals surface area contributed by atoms with Crippen LogP contribution in [0.4, 0.5) is 0 Å². The minimum Gasteiger partial charge on any atom is -0.497 e. The Morgan fingerprint density at radius 3 is 2.47 bits per heavy atom. The summed E-state index contributed by atoms with van der Waals surface area (Å²) in [5.74, 6) is 0.927. The minimum atomic E-state index is 0.175. The highest BCUT2D eigenvalue weighted by molar-refractivity contribution is 5.95. The van der Waals surface area contributed by atoms with Gasteiger partial charge in [-0.25, -0.2) is 0 Å². The Labute approximate surface area is 101 Å². The molecule has 1 aromatic rings. The van der Waals surface area contributed by atoms with Crippen LogP contribution in [0.25, 0.3) is 0 Å². The predicted octanol–water partition coefficient (Wildman–Crippen LogP) is 2.46. The van der Waals surface area contributed by atoms with Crippen molar-refractivity contribution >= 4 is 5.91 Å². The van der Waals surface area contributed by atoms with Crippen LogP contribution >= 0.6 is 0 Å². The first kappa shape index (κ1) is 10.6. The van der Waals surface area contributed by atoms with Crippen LogP contribution < -0.4 is 4.74 Å². The molecule has 0 aromatic heterocycles. The first-order valence-electron chi connectivity index (χ1n) is 6.26. The maximum atomic E-state index is 12.4. The van der Waals surface area contributed by atoms with E-state index in [1.807, 2.05) is 24.3 Å². The number of fused-ring (bicyclic) bond motifs is 2. The average Bonchev–Trinajstić information content (AvgIpc) is 2.98. The van der Waals surface area contributed by atoms with Crippen molar-refractivity contribution in [3.8, 4) is 5.75 Å². The van der Waals surface area contributed by atoms with E-state index in [1.165, 1.54) is 25.7 Å². The zero-order valence-corrected chi connectivity index (χ0v) is 10.1. The largest absolute Gasteiger partial charge is 0.497 e. The molecule has 0 unspecified atom stereocenters. The molecule has 0 spiro atoms. The molecule has 0 atom stereocenters. The number of methoxy groups -OCH3 is 1. The van der Waals surface area contributed by atoms with Crippen LogP contribution in [0.5, 0.6) is 5.75 Å². The summed E-state index contributed by atoms with van der Waals surface area (Å²) in [5.41, 5.74) is 0.753. The molecule has 90 valence electrons. The van der Waals surface area contributed by atoms with Crippen molar-refractivity contribution in [2.75, 3.05) is 7.11 Å². The molecular formula is C14H17NO2. The molecule has 3 nitrogen and oxygen atoms in total. The first-order chi connectivity index (χ1) is 8.29. The Morgan fingerprint density at radius 1 is 1.24 bits per heavy atom. The average molecular weight is 231 g/mol. The van der Waals surface area contributed by atoms with Crippen molar-refractivity contribution in [2.45, 2.75) is 37.8 Å². The number of carbonyl (C=O) groups excluding carboxylic acids is 1. The number of rotatable bonds is 2. The number of hydrogen-bond donors (Lipinski definition) is 0. The number of carbonyl (C=O) groups is 1. The van der Waals surface area contributed by atoms with Gasteiger partial charge in [-0.3, -0.25) is 4.79 Å². The lowest BCUT2D eigenvalue weighted by Crippen LogP contribution is -2.35. The maximum absolute atomic E-state index is 12.4. The van der Waals surface area contributed by atoms with Crippen LogP contribution in [0.3, 0.4) is 0 Å². The van der Waals surface area contributed by atoms with E-state index in [9.17, 15) is 4.79 Å². The SMILES string of the molecule is COc1cccc(C(=O)N2C3CCC2CC3)c1. The van der Waals surface area contributed by atoms with Crippen LogP contribution in [-0.2, 0) is 0 Å². The van der Waals surface area contributed by atoms with E-state index in [0.717, 1.165) is 11.3 Å². The van der Waals surface area contributed by atoms with Crippen LogP contribution in [-0.4, -0.2) is 30.0 Å². The highest BCUT2D eigenvalue weighted by Gasteiger charge is 2.42. The van der Waals surface area contributed by atoms with Crippen LogP contribution in [0.1, 0.15) is 36.0 Å². The fourth-order valence-corrected chi connectivity index (χ4v) is 3.15. The summed E-state index contributed by atoms with van der Waals surface area (Å²) in [6.45, 7) is 0. The lowest BCUT2D eigenvalue weighted by Gasteiger charge is -2.22. The smallest absolute Gasteiger partial charge is 0.254 e. The number of hydrogen-bond acceptors (Lipinski definition) is 2. The summed E-state index contributed by atoms with van der Waals surface area (Å²) >= 11 is 0. The van der Waals surface area contributed by atoms with Gasteiger partial charge >= 0.3 is 0 Å². The summed E-state index contributed by atoms with van der Waals surface area (Å²) in [6.07, 6.45) is 4.72. The van der Waals surface area contributed by atoms with Crippen molar-refractivity contribution in [2.24, 2.45) is 0 Å². The fourth-order valence-electron chi connectivity index (χ4n) is 3.15. The third kappa shape index (κ3) is 1.70. The Balaban J connectivity index is 1.86. The second kappa shape index (κ2) is 4.06. The Hall–Kier alpha value is -1.51. The second-order valence-electron chi connectivity index (χ2n) is 4.91. The van der Waals surface area contributed by atoms with Crippen LogP contribution in [0, 0.1) is 0 Å². The van der Waals surface area contributed by atoms with Crippen molar-refractivity contribution in [1.82, 2.24) is 4.90 Å². The van der Waals surface area contributed by atoms with Gasteiger partial charge in [-0.2, -0.15) is 0 Å². The van der Waals surface area contributed by atoms with Gasteiger partial charge in [-0.15, -0.1) is 0 Å². The number of benzene rings is 1. The summed E-state index contributed by atoms with van der Waals surface area (Å²) in [6, 6.07) is 8.43. The molecule has 3 heteroatoms. The molecule has 2 saturated heterocycles. The zero-order chi connectivity index (χ0) is 11.8. The molecule has 0 aliphatic carbocycles. The molecule has 3 rings (SSSR count). The third-order valence-electron chi connectivity index (χ3n) is 4.00. The van der Waals surface area contributed by atoms with Gasteiger partial charge in [0.1, 0.15) is 5.75 Å². The summed E-state index contributed by atoms with van der Waals surface area (Å²) in [7, 11) is 1.63. The summed E-state index contributed by atoms with van der Waals surface area (Å²) in [4.78, 5) is 14.5. The van der Waals surface area contributed by atoms with Gasteiger partial charge in [0.05, 0.1) is 7.11 Å². The van der Waals surface area contributed by atoms with Gasteiger partial charge in [-0.05, 0) is 43.9 Å². The molecule has 0 saturated carbocycles. The molecule has 0 N–H and O–H groups in total. The van der Waals surface area contributed by atoms with Crippen molar-refractivity contribution in [3.05, 3.63) is 29.8 Å². The highest BCUT2D eigenvalue weighted by Crippen LogP contribution is 2.38. The molecule has 2 aliphatic rings. The van der Waals surface area contributed by atoms with Crippen molar-refractivity contribution in [3.63, 3.8) is 0 Å². The summed E-state index contributed by atoms with van der Waals surface area (Å²) in [5, 5.41) is 0. The number of amides is 1. The van der Waals surface area contributed by atoms with Gasteiger partial charge in [0.2, 0.25) is 0 Å². The second-order valence-corrected chi connectivity index (χ2v) is 4.91. The maximum Gasteiger partial charge on any atom is 0.254 e. The summed E-state index contributed by atoms with van der Waals surface area (Å²) < 4.78 is 5.17. The van der Waals surface area contributed by atoms with Gasteiger partial charge in [0.25, 0.3) is 5.91 Å². The van der Waals surface area contributed by atoms with E-state index < -0.39 is 0 Å². The molecule has 17 heavy (non-hydrogen) atoms. The van der Waals surface area contributed by atoms with Crippen LogP contribution in [0.2, 0.25) is 0 Å². The first-order valence-corrected chi connectivity index (χ1v) is 6.26. The van der Waals surface area contributed by atoms with Crippen molar-refractivity contribution in [1.29, 1.82) is 0 Å². The Kier molecular flexibility index (Phi) is 2.54. The number of nitrogens with zero attached hydrogens (tertiary/aromatic N) is 1. The van der Waals surface area contributed by atoms with Gasteiger partial charge in [0, 0.05) is 17.6 Å². The van der Waals surface area contributed by atoms with E-state index in [0.29, 0.717) is 12.1 Å². The number of ether oxygens (including phenoxy) is 1. The molecule has 0 radical (unpaired) electrons. The van der Waals surface area contributed by atoms with Crippen molar-refractivity contribution < 1.29 is 9.53 Å². The molecule has 1 amide bonds. The quantitative estimate of drug-likeness (QED) is 0.782. The van der Waals surface area contributed by atoms with E-state index >= 15 is 0 Å². The molecule has 2 heterocycles. The monoisotopic (exact) mass is 231 g/mol. The highest BCUT2D eigenvalue weighted by atomic mass is 16.5. The zero-order valence-electron chi connectivity index (χ0n) is 10.1. The van der Waals surface area contributed by atoms with E-state index in [-0.39, 0.29) is 5.91 Å². The third-order valence-corrected chi connectivity index (χ3v) is 4.00. The fraction of sp³-hybridized carbons (Fsp3) is 0.500. The Bertz CT molecular complexity index is 424.